The lowest BCUT2D eigenvalue weighted by Crippen LogP contribution is -2.35. The molecule has 0 bridgehead atoms. The Morgan fingerprint density at radius 1 is 1.53 bits per heavy atom. The van der Waals surface area contributed by atoms with Crippen molar-refractivity contribution in [3.05, 3.63) is 0 Å². The third-order valence-corrected chi connectivity index (χ3v) is 3.29. The SMILES string of the molecule is CCOC(=O)C[C@@H](N)C1CCCC(C)C1. The van der Waals surface area contributed by atoms with Crippen LogP contribution in [0.1, 0.15) is 46.0 Å². The van der Waals surface area contributed by atoms with E-state index in [1.54, 1.807) is 0 Å². The third kappa shape index (κ3) is 4.20. The smallest absolute Gasteiger partial charge is 0.307 e. The molecule has 0 spiro atoms. The molecule has 0 saturated heterocycles. The molecule has 88 valence electrons. The van der Waals surface area contributed by atoms with Crippen LogP contribution in [0.25, 0.3) is 0 Å². The molecule has 3 atom stereocenters. The first kappa shape index (κ1) is 12.5. The molecule has 0 heterocycles. The van der Waals surface area contributed by atoms with Crippen molar-refractivity contribution in [3.8, 4) is 0 Å². The van der Waals surface area contributed by atoms with Gasteiger partial charge in [-0.3, -0.25) is 4.79 Å². The summed E-state index contributed by atoms with van der Waals surface area (Å²) in [7, 11) is 0. The Morgan fingerprint density at radius 3 is 2.87 bits per heavy atom. The molecule has 3 heteroatoms. The van der Waals surface area contributed by atoms with Crippen molar-refractivity contribution >= 4 is 5.97 Å². The second-order valence-electron chi connectivity index (χ2n) is 4.70. The van der Waals surface area contributed by atoms with Gasteiger partial charge in [-0.2, -0.15) is 0 Å². The predicted octanol–water partition coefficient (Wildman–Crippen LogP) is 2.09. The number of hydrogen-bond donors (Lipinski definition) is 1. The van der Waals surface area contributed by atoms with Crippen molar-refractivity contribution in [2.75, 3.05) is 6.61 Å². The lowest BCUT2D eigenvalue weighted by atomic mass is 9.78. The Kier molecular flexibility index (Phi) is 5.09. The van der Waals surface area contributed by atoms with Crippen LogP contribution in [0.2, 0.25) is 0 Å². The summed E-state index contributed by atoms with van der Waals surface area (Å²) in [6.45, 7) is 4.54. The topological polar surface area (TPSA) is 52.3 Å². The highest BCUT2D eigenvalue weighted by Crippen LogP contribution is 2.31. The van der Waals surface area contributed by atoms with E-state index < -0.39 is 0 Å². The van der Waals surface area contributed by atoms with Crippen molar-refractivity contribution in [1.82, 2.24) is 0 Å². The standard InChI is InChI=1S/C12H23NO2/c1-3-15-12(14)8-11(13)10-6-4-5-9(2)7-10/h9-11H,3-8,13H2,1-2H3/t9?,10?,11-/m1/s1. The largest absolute Gasteiger partial charge is 0.466 e. The van der Waals surface area contributed by atoms with E-state index in [-0.39, 0.29) is 12.0 Å². The molecule has 1 aliphatic carbocycles. The molecule has 1 saturated carbocycles. The molecule has 0 aromatic carbocycles. The number of carbonyl (C=O) groups is 1. The highest BCUT2D eigenvalue weighted by Gasteiger charge is 2.25. The molecule has 1 aliphatic rings. The van der Waals surface area contributed by atoms with Crippen LogP contribution in [0.15, 0.2) is 0 Å². The summed E-state index contributed by atoms with van der Waals surface area (Å²) in [5, 5.41) is 0. The van der Waals surface area contributed by atoms with Crippen LogP contribution < -0.4 is 5.73 Å². The molecule has 2 unspecified atom stereocenters. The van der Waals surface area contributed by atoms with Crippen LogP contribution in [0, 0.1) is 11.8 Å². The molecule has 0 aliphatic heterocycles. The number of rotatable bonds is 4. The average Bonchev–Trinajstić information content (AvgIpc) is 2.18. The molecular formula is C12H23NO2. The summed E-state index contributed by atoms with van der Waals surface area (Å²) in [4.78, 5) is 11.3. The number of ether oxygens (including phenoxy) is 1. The summed E-state index contributed by atoms with van der Waals surface area (Å²) in [6.07, 6.45) is 5.28. The number of esters is 1. The van der Waals surface area contributed by atoms with E-state index >= 15 is 0 Å². The summed E-state index contributed by atoms with van der Waals surface area (Å²) >= 11 is 0. The number of carbonyl (C=O) groups excluding carboxylic acids is 1. The van der Waals surface area contributed by atoms with Gasteiger partial charge in [-0.1, -0.05) is 19.8 Å². The molecule has 2 N–H and O–H groups in total. The van der Waals surface area contributed by atoms with Crippen molar-refractivity contribution in [1.29, 1.82) is 0 Å². The molecule has 3 nitrogen and oxygen atoms in total. The second-order valence-corrected chi connectivity index (χ2v) is 4.70. The first-order valence-electron chi connectivity index (χ1n) is 6.04. The van der Waals surface area contributed by atoms with Gasteiger partial charge in [0.05, 0.1) is 13.0 Å². The molecule has 0 amide bonds. The third-order valence-electron chi connectivity index (χ3n) is 3.29. The van der Waals surface area contributed by atoms with Crippen LogP contribution >= 0.6 is 0 Å². The molecule has 0 aromatic heterocycles. The second kappa shape index (κ2) is 6.11. The Morgan fingerprint density at radius 2 is 2.27 bits per heavy atom. The zero-order valence-corrected chi connectivity index (χ0v) is 9.87. The molecule has 1 fully saturated rings. The van der Waals surface area contributed by atoms with Crippen LogP contribution in [-0.2, 0) is 9.53 Å². The average molecular weight is 213 g/mol. The minimum atomic E-state index is -0.150. The zero-order valence-electron chi connectivity index (χ0n) is 9.87. The van der Waals surface area contributed by atoms with E-state index in [1.807, 2.05) is 6.92 Å². The lowest BCUT2D eigenvalue weighted by Gasteiger charge is -2.30. The number of nitrogens with two attached hydrogens (primary N) is 1. The Bertz CT molecular complexity index is 206. The molecule has 15 heavy (non-hydrogen) atoms. The normalized spacial score (nSPS) is 28.5. The highest BCUT2D eigenvalue weighted by atomic mass is 16.5. The van der Waals surface area contributed by atoms with Crippen molar-refractivity contribution in [2.45, 2.75) is 52.0 Å². The molecule has 0 aromatic rings. The van der Waals surface area contributed by atoms with Gasteiger partial charge in [0.15, 0.2) is 0 Å². The van der Waals surface area contributed by atoms with Gasteiger partial charge in [-0.25, -0.2) is 0 Å². The van der Waals surface area contributed by atoms with Gasteiger partial charge < -0.3 is 10.5 Å². The minimum absolute atomic E-state index is 0.00759. The van der Waals surface area contributed by atoms with Gasteiger partial charge in [0.25, 0.3) is 0 Å². The Labute approximate surface area is 92.4 Å². The van der Waals surface area contributed by atoms with Crippen LogP contribution in [0.5, 0.6) is 0 Å². The van der Waals surface area contributed by atoms with E-state index in [2.05, 4.69) is 6.92 Å². The summed E-state index contributed by atoms with van der Waals surface area (Å²) < 4.78 is 4.91. The van der Waals surface area contributed by atoms with Crippen LogP contribution in [0.3, 0.4) is 0 Å². The molecule has 0 radical (unpaired) electrons. The fourth-order valence-electron chi connectivity index (χ4n) is 2.45. The van der Waals surface area contributed by atoms with Crippen LogP contribution in [-0.4, -0.2) is 18.6 Å². The minimum Gasteiger partial charge on any atom is -0.466 e. The van der Waals surface area contributed by atoms with Gasteiger partial charge in [0.2, 0.25) is 0 Å². The van der Waals surface area contributed by atoms with E-state index in [4.69, 9.17) is 10.5 Å². The Balaban J connectivity index is 2.32. The van der Waals surface area contributed by atoms with Gasteiger partial charge in [-0.05, 0) is 31.6 Å². The Hall–Kier alpha value is -0.570. The maximum Gasteiger partial charge on any atom is 0.307 e. The lowest BCUT2D eigenvalue weighted by molar-refractivity contribution is -0.143. The first-order chi connectivity index (χ1) is 7.13. The van der Waals surface area contributed by atoms with Gasteiger partial charge in [0.1, 0.15) is 0 Å². The van der Waals surface area contributed by atoms with Crippen molar-refractivity contribution < 1.29 is 9.53 Å². The molecule has 1 rings (SSSR count). The fraction of sp³-hybridized carbons (Fsp3) is 0.917. The molecular weight excluding hydrogens is 190 g/mol. The van der Waals surface area contributed by atoms with Gasteiger partial charge in [0, 0.05) is 6.04 Å². The summed E-state index contributed by atoms with van der Waals surface area (Å²) in [5.41, 5.74) is 6.04. The zero-order chi connectivity index (χ0) is 11.3. The van der Waals surface area contributed by atoms with Crippen molar-refractivity contribution in [3.63, 3.8) is 0 Å². The van der Waals surface area contributed by atoms with Gasteiger partial charge in [-0.15, -0.1) is 0 Å². The van der Waals surface area contributed by atoms with E-state index in [0.29, 0.717) is 18.9 Å². The highest BCUT2D eigenvalue weighted by molar-refractivity contribution is 5.70. The fourth-order valence-corrected chi connectivity index (χ4v) is 2.45. The summed E-state index contributed by atoms with van der Waals surface area (Å²) in [5.74, 6) is 1.12. The maximum absolute atomic E-state index is 11.3. The number of hydrogen-bond acceptors (Lipinski definition) is 3. The van der Waals surface area contributed by atoms with E-state index in [0.717, 1.165) is 5.92 Å². The monoisotopic (exact) mass is 213 g/mol. The predicted molar refractivity (Wildman–Crippen MR) is 60.3 cm³/mol. The maximum atomic E-state index is 11.3. The van der Waals surface area contributed by atoms with Gasteiger partial charge >= 0.3 is 5.97 Å². The van der Waals surface area contributed by atoms with Crippen LogP contribution in [0.4, 0.5) is 0 Å². The summed E-state index contributed by atoms with van der Waals surface area (Å²) in [6, 6.07) is -0.00759. The van der Waals surface area contributed by atoms with E-state index in [1.165, 1.54) is 25.7 Å². The van der Waals surface area contributed by atoms with E-state index in [9.17, 15) is 4.79 Å². The van der Waals surface area contributed by atoms with Crippen molar-refractivity contribution in [2.24, 2.45) is 17.6 Å². The first-order valence-corrected chi connectivity index (χ1v) is 6.04. The quantitative estimate of drug-likeness (QED) is 0.727.